The zero-order chi connectivity index (χ0) is 11.8. The van der Waals surface area contributed by atoms with Gasteiger partial charge in [0.1, 0.15) is 5.60 Å². The molecule has 92 valence electrons. The van der Waals surface area contributed by atoms with Gasteiger partial charge < -0.3 is 15.4 Å². The highest BCUT2D eigenvalue weighted by atomic mass is 16.6. The maximum atomic E-state index is 11.5. The third kappa shape index (κ3) is 2.88. The molecule has 3 atom stereocenters. The van der Waals surface area contributed by atoms with E-state index in [1.54, 1.807) is 0 Å². The maximum absolute atomic E-state index is 11.5. The van der Waals surface area contributed by atoms with Crippen molar-refractivity contribution in [3.05, 3.63) is 0 Å². The van der Waals surface area contributed by atoms with E-state index in [4.69, 9.17) is 4.74 Å². The maximum Gasteiger partial charge on any atom is 0.407 e. The number of hydrogen-bond acceptors (Lipinski definition) is 3. The van der Waals surface area contributed by atoms with Gasteiger partial charge in [-0.2, -0.15) is 0 Å². The molecule has 2 saturated heterocycles. The van der Waals surface area contributed by atoms with Gasteiger partial charge in [0.15, 0.2) is 0 Å². The standard InChI is InChI=1S/C12H22N2O2/c1-12(2,3)16-11(15)13-7-8-6-9-4-5-10(8)14-9/h8-10,14H,4-7H2,1-3H3,(H,13,15)/t8-,9+,10-/m0/s1. The first-order chi connectivity index (χ1) is 7.44. The van der Waals surface area contributed by atoms with E-state index in [0.717, 1.165) is 6.54 Å². The largest absolute Gasteiger partial charge is 0.444 e. The summed E-state index contributed by atoms with van der Waals surface area (Å²) in [6.45, 7) is 6.38. The fraction of sp³-hybridized carbons (Fsp3) is 0.917. The van der Waals surface area contributed by atoms with Crippen LogP contribution < -0.4 is 10.6 Å². The Morgan fingerprint density at radius 2 is 2.19 bits per heavy atom. The van der Waals surface area contributed by atoms with Gasteiger partial charge in [-0.1, -0.05) is 0 Å². The summed E-state index contributed by atoms with van der Waals surface area (Å²) in [5.74, 6) is 0.589. The molecule has 1 amide bonds. The number of nitrogens with one attached hydrogen (secondary N) is 2. The quantitative estimate of drug-likeness (QED) is 0.752. The molecular formula is C12H22N2O2. The lowest BCUT2D eigenvalue weighted by Crippen LogP contribution is -2.38. The van der Waals surface area contributed by atoms with Gasteiger partial charge in [-0.05, 0) is 46.0 Å². The molecule has 2 N–H and O–H groups in total. The van der Waals surface area contributed by atoms with E-state index >= 15 is 0 Å². The Morgan fingerprint density at radius 3 is 2.69 bits per heavy atom. The summed E-state index contributed by atoms with van der Waals surface area (Å²) < 4.78 is 5.21. The Balaban J connectivity index is 1.70. The zero-order valence-electron chi connectivity index (χ0n) is 10.4. The third-order valence-electron chi connectivity index (χ3n) is 3.34. The van der Waals surface area contributed by atoms with Crippen LogP contribution in [0.2, 0.25) is 0 Å². The number of carbonyl (C=O) groups excluding carboxylic acids is 1. The summed E-state index contributed by atoms with van der Waals surface area (Å²) in [4.78, 5) is 11.5. The highest BCUT2D eigenvalue weighted by Gasteiger charge is 2.38. The lowest BCUT2D eigenvalue weighted by molar-refractivity contribution is 0.0517. The van der Waals surface area contributed by atoms with Crippen molar-refractivity contribution in [1.29, 1.82) is 0 Å². The molecule has 16 heavy (non-hydrogen) atoms. The molecule has 0 unspecified atom stereocenters. The first kappa shape index (κ1) is 11.7. The van der Waals surface area contributed by atoms with Crippen LogP contribution in [0.5, 0.6) is 0 Å². The molecule has 2 rings (SSSR count). The molecule has 2 aliphatic rings. The summed E-state index contributed by atoms with van der Waals surface area (Å²) in [7, 11) is 0. The van der Waals surface area contributed by atoms with Crippen molar-refractivity contribution in [3.8, 4) is 0 Å². The van der Waals surface area contributed by atoms with Crippen LogP contribution in [0, 0.1) is 5.92 Å². The number of fused-ring (bicyclic) bond motifs is 2. The monoisotopic (exact) mass is 226 g/mol. The lowest BCUT2D eigenvalue weighted by atomic mass is 9.89. The molecule has 0 radical (unpaired) electrons. The Morgan fingerprint density at radius 1 is 1.44 bits per heavy atom. The van der Waals surface area contributed by atoms with Crippen molar-refractivity contribution in [3.63, 3.8) is 0 Å². The molecule has 0 aromatic heterocycles. The van der Waals surface area contributed by atoms with Gasteiger partial charge in [0, 0.05) is 18.6 Å². The molecule has 0 saturated carbocycles. The summed E-state index contributed by atoms with van der Waals surface area (Å²) in [6.07, 6.45) is 3.45. The van der Waals surface area contributed by atoms with Gasteiger partial charge in [-0.15, -0.1) is 0 Å². The molecule has 2 heterocycles. The zero-order valence-corrected chi connectivity index (χ0v) is 10.4. The average molecular weight is 226 g/mol. The van der Waals surface area contributed by atoms with Gasteiger partial charge in [0.2, 0.25) is 0 Å². The van der Waals surface area contributed by atoms with Crippen LogP contribution in [0.1, 0.15) is 40.0 Å². The van der Waals surface area contributed by atoms with E-state index in [0.29, 0.717) is 18.0 Å². The van der Waals surface area contributed by atoms with E-state index in [-0.39, 0.29) is 6.09 Å². The molecule has 0 aromatic rings. The number of carbonyl (C=O) groups is 1. The van der Waals surface area contributed by atoms with Crippen molar-refractivity contribution >= 4 is 6.09 Å². The molecule has 0 spiro atoms. The molecule has 4 heteroatoms. The Kier molecular flexibility index (Phi) is 3.10. The second-order valence-electron chi connectivity index (χ2n) is 5.93. The molecule has 2 bridgehead atoms. The SMILES string of the molecule is CC(C)(C)OC(=O)NC[C@@H]1C[C@H]2CC[C@@H]1N2. The first-order valence-electron chi connectivity index (χ1n) is 6.17. The normalized spacial score (nSPS) is 32.8. The minimum absolute atomic E-state index is 0.296. The van der Waals surface area contributed by atoms with Gasteiger partial charge >= 0.3 is 6.09 Å². The Labute approximate surface area is 97.1 Å². The van der Waals surface area contributed by atoms with Crippen LogP contribution in [-0.4, -0.2) is 30.3 Å². The van der Waals surface area contributed by atoms with Crippen LogP contribution in [0.3, 0.4) is 0 Å². The van der Waals surface area contributed by atoms with Gasteiger partial charge in [-0.3, -0.25) is 0 Å². The van der Waals surface area contributed by atoms with Crippen molar-refractivity contribution in [2.24, 2.45) is 5.92 Å². The molecular weight excluding hydrogens is 204 g/mol. The Bertz CT molecular complexity index is 273. The Hall–Kier alpha value is -0.770. The predicted molar refractivity (Wildman–Crippen MR) is 62.3 cm³/mol. The summed E-state index contributed by atoms with van der Waals surface area (Å²) in [5, 5.41) is 6.42. The summed E-state index contributed by atoms with van der Waals surface area (Å²) in [6, 6.07) is 1.30. The number of ether oxygens (including phenoxy) is 1. The smallest absolute Gasteiger partial charge is 0.407 e. The van der Waals surface area contributed by atoms with Gasteiger partial charge in [0.05, 0.1) is 0 Å². The highest BCUT2D eigenvalue weighted by molar-refractivity contribution is 5.67. The number of hydrogen-bond donors (Lipinski definition) is 2. The molecule has 2 fully saturated rings. The lowest BCUT2D eigenvalue weighted by Gasteiger charge is -2.23. The van der Waals surface area contributed by atoms with Crippen LogP contribution in [0.4, 0.5) is 4.79 Å². The van der Waals surface area contributed by atoms with E-state index < -0.39 is 5.60 Å². The first-order valence-corrected chi connectivity index (χ1v) is 6.17. The van der Waals surface area contributed by atoms with Gasteiger partial charge in [-0.25, -0.2) is 4.79 Å². The molecule has 0 aromatic carbocycles. The fourth-order valence-corrected chi connectivity index (χ4v) is 2.69. The third-order valence-corrected chi connectivity index (χ3v) is 3.34. The molecule has 0 aliphatic carbocycles. The topological polar surface area (TPSA) is 50.4 Å². The average Bonchev–Trinajstić information content (AvgIpc) is 2.72. The van der Waals surface area contributed by atoms with E-state index in [1.807, 2.05) is 20.8 Å². The number of alkyl carbamates (subject to hydrolysis) is 1. The fourth-order valence-electron chi connectivity index (χ4n) is 2.69. The van der Waals surface area contributed by atoms with Crippen molar-refractivity contribution in [1.82, 2.24) is 10.6 Å². The van der Waals surface area contributed by atoms with Crippen LogP contribution in [0.25, 0.3) is 0 Å². The minimum atomic E-state index is -0.406. The number of rotatable bonds is 2. The van der Waals surface area contributed by atoms with E-state index in [1.165, 1.54) is 19.3 Å². The highest BCUT2D eigenvalue weighted by Crippen LogP contribution is 2.32. The van der Waals surface area contributed by atoms with Crippen LogP contribution >= 0.6 is 0 Å². The van der Waals surface area contributed by atoms with Crippen LogP contribution in [-0.2, 0) is 4.74 Å². The summed E-state index contributed by atoms with van der Waals surface area (Å²) in [5.41, 5.74) is -0.406. The second kappa shape index (κ2) is 4.24. The van der Waals surface area contributed by atoms with Crippen molar-refractivity contribution in [2.75, 3.05) is 6.54 Å². The van der Waals surface area contributed by atoms with Gasteiger partial charge in [0.25, 0.3) is 0 Å². The van der Waals surface area contributed by atoms with Crippen molar-refractivity contribution in [2.45, 2.75) is 57.7 Å². The second-order valence-corrected chi connectivity index (χ2v) is 5.93. The predicted octanol–water partition coefficient (Wildman–Crippen LogP) is 1.65. The molecule has 4 nitrogen and oxygen atoms in total. The summed E-state index contributed by atoms with van der Waals surface area (Å²) >= 11 is 0. The van der Waals surface area contributed by atoms with Crippen LogP contribution in [0.15, 0.2) is 0 Å². The van der Waals surface area contributed by atoms with E-state index in [9.17, 15) is 4.79 Å². The van der Waals surface area contributed by atoms with E-state index in [2.05, 4.69) is 10.6 Å². The molecule has 2 aliphatic heterocycles. The number of amides is 1. The minimum Gasteiger partial charge on any atom is -0.444 e. The van der Waals surface area contributed by atoms with Crippen molar-refractivity contribution < 1.29 is 9.53 Å².